The largest absolute Gasteiger partial charge is 0.357 e. The first-order valence-corrected chi connectivity index (χ1v) is 8.90. The topological polar surface area (TPSA) is 62.6 Å². The Hall–Kier alpha value is -2.86. The van der Waals surface area contributed by atoms with Crippen LogP contribution >= 0.6 is 11.6 Å². The molecule has 2 atom stereocenters. The molecule has 2 unspecified atom stereocenters. The molecule has 0 saturated heterocycles. The average Bonchev–Trinajstić information content (AvgIpc) is 3.34. The molecule has 1 N–H and O–H groups in total. The summed E-state index contributed by atoms with van der Waals surface area (Å²) >= 11 is 6.19. The van der Waals surface area contributed by atoms with Gasteiger partial charge in [-0.2, -0.15) is 0 Å². The minimum atomic E-state index is 0.149. The van der Waals surface area contributed by atoms with Gasteiger partial charge in [-0.05, 0) is 36.8 Å². The summed E-state index contributed by atoms with van der Waals surface area (Å²) in [7, 11) is 0. The molecular weight excluding hydrogens is 348 g/mol. The summed E-state index contributed by atoms with van der Waals surface area (Å²) in [6, 6.07) is 8.33. The van der Waals surface area contributed by atoms with E-state index in [0.29, 0.717) is 0 Å². The number of rotatable bonds is 3. The van der Waals surface area contributed by atoms with Crippen molar-refractivity contribution < 1.29 is 0 Å². The highest BCUT2D eigenvalue weighted by Gasteiger charge is 2.38. The second-order valence-electron chi connectivity index (χ2n) is 6.58. The van der Waals surface area contributed by atoms with E-state index in [4.69, 9.17) is 11.6 Å². The van der Waals surface area contributed by atoms with Crippen LogP contribution in [0.5, 0.6) is 0 Å². The summed E-state index contributed by atoms with van der Waals surface area (Å²) < 4.78 is 2.19. The highest BCUT2D eigenvalue weighted by Crippen LogP contribution is 2.41. The summed E-state index contributed by atoms with van der Waals surface area (Å²) in [6.07, 6.45) is 10.1. The first kappa shape index (κ1) is 15.4. The zero-order chi connectivity index (χ0) is 17.7. The molecule has 2 aliphatic rings. The monoisotopic (exact) mass is 364 g/mol. The summed E-state index contributed by atoms with van der Waals surface area (Å²) in [5.74, 6) is 1.81. The maximum absolute atomic E-state index is 6.19. The van der Waals surface area contributed by atoms with Crippen molar-refractivity contribution in [3.05, 3.63) is 76.9 Å². The van der Waals surface area contributed by atoms with Crippen LogP contribution in [0.1, 0.15) is 28.9 Å². The molecule has 0 aliphatic carbocycles. The van der Waals surface area contributed by atoms with E-state index in [0.717, 1.165) is 34.6 Å². The Morgan fingerprint density at radius 3 is 2.96 bits per heavy atom. The number of fused-ring (bicyclic) bond motifs is 3. The van der Waals surface area contributed by atoms with E-state index in [1.807, 2.05) is 37.4 Å². The molecule has 2 aliphatic heterocycles. The highest BCUT2D eigenvalue weighted by molar-refractivity contribution is 6.30. The molecule has 130 valence electrons. The fourth-order valence-corrected chi connectivity index (χ4v) is 4.07. The number of halogens is 1. The molecular formula is C19H17ClN6. The Kier molecular flexibility index (Phi) is 3.46. The number of aromatic amines is 1. The van der Waals surface area contributed by atoms with E-state index in [1.165, 1.54) is 5.56 Å². The molecule has 0 radical (unpaired) electrons. The van der Waals surface area contributed by atoms with Crippen LogP contribution in [0.4, 0.5) is 0 Å². The van der Waals surface area contributed by atoms with Crippen molar-refractivity contribution >= 4 is 23.4 Å². The third-order valence-corrected chi connectivity index (χ3v) is 5.22. The van der Waals surface area contributed by atoms with E-state index >= 15 is 0 Å². The van der Waals surface area contributed by atoms with E-state index in [2.05, 4.69) is 47.9 Å². The number of hydrogen-bond acceptors (Lipinski definition) is 4. The number of benzene rings is 1. The second-order valence-corrected chi connectivity index (χ2v) is 7.02. The standard InChI is InChI=1S/C19H17ClN6/c1-12-23-24-19-6-5-16-18(26(12)19)8-17(15-9-21-11-22-15)25(16)10-13-3-2-4-14(20)7-13/h2-9,11,16,18H,10H2,1H3,(H,21,22). The minimum Gasteiger partial charge on any atom is -0.357 e. The zero-order valence-electron chi connectivity index (χ0n) is 14.2. The molecule has 1 aromatic carbocycles. The lowest BCUT2D eigenvalue weighted by Crippen LogP contribution is -2.35. The molecule has 0 amide bonds. The molecule has 0 bridgehead atoms. The molecule has 0 spiro atoms. The predicted molar refractivity (Wildman–Crippen MR) is 100 cm³/mol. The average molecular weight is 365 g/mol. The van der Waals surface area contributed by atoms with Crippen LogP contribution in [-0.2, 0) is 6.54 Å². The van der Waals surface area contributed by atoms with E-state index < -0.39 is 0 Å². The number of nitrogens with one attached hydrogen (secondary N) is 1. The first-order chi connectivity index (χ1) is 12.7. The third kappa shape index (κ3) is 2.37. The van der Waals surface area contributed by atoms with E-state index in [-0.39, 0.29) is 12.1 Å². The molecule has 26 heavy (non-hydrogen) atoms. The van der Waals surface area contributed by atoms with Gasteiger partial charge in [0.1, 0.15) is 11.5 Å². The smallest absolute Gasteiger partial charge is 0.157 e. The van der Waals surface area contributed by atoms with Crippen LogP contribution in [0.3, 0.4) is 0 Å². The Labute approximate surface area is 155 Å². The number of nitrogens with zero attached hydrogens (tertiary/aromatic N) is 5. The SMILES string of the molecule is Cc1nnc2n1C1C=C(c3c[nH]cn3)N(Cc3cccc(Cl)c3)C1C=C2. The van der Waals surface area contributed by atoms with Crippen molar-refractivity contribution in [3.63, 3.8) is 0 Å². The van der Waals surface area contributed by atoms with E-state index in [1.54, 1.807) is 6.33 Å². The molecule has 5 rings (SSSR count). The van der Waals surface area contributed by atoms with Crippen molar-refractivity contribution in [1.82, 2.24) is 29.6 Å². The second kappa shape index (κ2) is 5.85. The van der Waals surface area contributed by atoms with Crippen LogP contribution in [-0.4, -0.2) is 35.7 Å². The van der Waals surface area contributed by atoms with Gasteiger partial charge in [-0.15, -0.1) is 10.2 Å². The van der Waals surface area contributed by atoms with Gasteiger partial charge >= 0.3 is 0 Å². The summed E-state index contributed by atoms with van der Waals surface area (Å²) in [5, 5.41) is 9.26. The fraction of sp³-hybridized carbons (Fsp3) is 0.211. The number of H-pyrrole nitrogens is 1. The van der Waals surface area contributed by atoms with Crippen LogP contribution < -0.4 is 0 Å². The van der Waals surface area contributed by atoms with Crippen molar-refractivity contribution in [3.8, 4) is 0 Å². The van der Waals surface area contributed by atoms with Crippen LogP contribution in [0, 0.1) is 6.92 Å². The minimum absolute atomic E-state index is 0.149. The highest BCUT2D eigenvalue weighted by atomic mass is 35.5. The molecule has 2 aromatic heterocycles. The Morgan fingerprint density at radius 2 is 2.15 bits per heavy atom. The Balaban J connectivity index is 1.59. The maximum Gasteiger partial charge on any atom is 0.157 e. The Morgan fingerprint density at radius 1 is 1.23 bits per heavy atom. The molecule has 4 heterocycles. The Bertz CT molecular complexity index is 1020. The number of imidazole rings is 1. The number of aromatic nitrogens is 5. The van der Waals surface area contributed by atoms with Gasteiger partial charge in [-0.25, -0.2) is 4.98 Å². The molecule has 0 fully saturated rings. The molecule has 3 aromatic rings. The molecule has 0 saturated carbocycles. The number of aryl methyl sites for hydroxylation is 1. The third-order valence-electron chi connectivity index (χ3n) is 4.98. The van der Waals surface area contributed by atoms with Gasteiger partial charge in [0.15, 0.2) is 5.82 Å². The lowest BCUT2D eigenvalue weighted by atomic mass is 10.1. The molecule has 7 heteroatoms. The van der Waals surface area contributed by atoms with Crippen LogP contribution in [0.15, 0.2) is 48.9 Å². The van der Waals surface area contributed by atoms with E-state index in [9.17, 15) is 0 Å². The summed E-state index contributed by atoms with van der Waals surface area (Å²) in [5.41, 5.74) is 3.20. The van der Waals surface area contributed by atoms with Gasteiger partial charge < -0.3 is 14.5 Å². The van der Waals surface area contributed by atoms with Crippen molar-refractivity contribution in [1.29, 1.82) is 0 Å². The normalized spacial score (nSPS) is 20.8. The quantitative estimate of drug-likeness (QED) is 0.773. The predicted octanol–water partition coefficient (Wildman–Crippen LogP) is 3.46. The van der Waals surface area contributed by atoms with Gasteiger partial charge in [-0.1, -0.05) is 29.8 Å². The lowest BCUT2D eigenvalue weighted by molar-refractivity contribution is 0.299. The van der Waals surface area contributed by atoms with Crippen molar-refractivity contribution in [2.45, 2.75) is 25.6 Å². The van der Waals surface area contributed by atoms with Crippen molar-refractivity contribution in [2.75, 3.05) is 0 Å². The maximum atomic E-state index is 6.19. The summed E-state index contributed by atoms with van der Waals surface area (Å²) in [6.45, 7) is 2.75. The zero-order valence-corrected chi connectivity index (χ0v) is 14.9. The van der Waals surface area contributed by atoms with Crippen LogP contribution in [0.2, 0.25) is 5.02 Å². The van der Waals surface area contributed by atoms with Crippen LogP contribution in [0.25, 0.3) is 11.8 Å². The van der Waals surface area contributed by atoms with Gasteiger partial charge in [0.25, 0.3) is 0 Å². The van der Waals surface area contributed by atoms with Gasteiger partial charge in [0.05, 0.1) is 24.1 Å². The van der Waals surface area contributed by atoms with Gasteiger partial charge in [-0.3, -0.25) is 0 Å². The van der Waals surface area contributed by atoms with Crippen molar-refractivity contribution in [2.24, 2.45) is 0 Å². The fourth-order valence-electron chi connectivity index (χ4n) is 3.85. The number of hydrogen-bond donors (Lipinski definition) is 1. The molecule has 6 nitrogen and oxygen atoms in total. The van der Waals surface area contributed by atoms with Gasteiger partial charge in [0.2, 0.25) is 0 Å². The first-order valence-electron chi connectivity index (χ1n) is 8.52. The lowest BCUT2D eigenvalue weighted by Gasteiger charge is -2.33. The summed E-state index contributed by atoms with van der Waals surface area (Å²) in [4.78, 5) is 9.90. The van der Waals surface area contributed by atoms with Gasteiger partial charge in [0, 0.05) is 17.8 Å².